The van der Waals surface area contributed by atoms with Crippen molar-refractivity contribution in [2.75, 3.05) is 13.1 Å². The number of carbonyl (C=O) groups excluding carboxylic acids is 2. The van der Waals surface area contributed by atoms with Crippen molar-refractivity contribution in [1.82, 2.24) is 9.91 Å². The van der Waals surface area contributed by atoms with Gasteiger partial charge in [0.15, 0.2) is 0 Å². The molecular formula is C22H22FN3O2. The Hall–Kier alpha value is -3.02. The molecule has 6 heteroatoms. The summed E-state index contributed by atoms with van der Waals surface area (Å²) in [5.41, 5.74) is 2.45. The highest BCUT2D eigenvalue weighted by Gasteiger charge is 2.35. The highest BCUT2D eigenvalue weighted by molar-refractivity contribution is 6.02. The van der Waals surface area contributed by atoms with Gasteiger partial charge in [-0.2, -0.15) is 5.10 Å². The zero-order chi connectivity index (χ0) is 19.5. The fraction of sp³-hybridized carbons (Fsp3) is 0.318. The molecule has 1 fully saturated rings. The molecule has 0 spiro atoms. The van der Waals surface area contributed by atoms with E-state index >= 15 is 0 Å². The fourth-order valence-electron chi connectivity index (χ4n) is 3.71. The van der Waals surface area contributed by atoms with Gasteiger partial charge in [-0.25, -0.2) is 9.40 Å². The van der Waals surface area contributed by atoms with Crippen LogP contribution >= 0.6 is 0 Å². The van der Waals surface area contributed by atoms with Gasteiger partial charge in [-0.15, -0.1) is 0 Å². The van der Waals surface area contributed by atoms with Crippen LogP contribution in [0.25, 0.3) is 0 Å². The minimum atomic E-state index is -0.291. The van der Waals surface area contributed by atoms with Gasteiger partial charge in [0.25, 0.3) is 0 Å². The molecule has 0 saturated carbocycles. The first-order valence-corrected chi connectivity index (χ1v) is 9.60. The molecule has 2 heterocycles. The van der Waals surface area contributed by atoms with E-state index in [1.807, 2.05) is 30.3 Å². The van der Waals surface area contributed by atoms with E-state index in [2.05, 4.69) is 5.10 Å². The number of hydrogen-bond donors (Lipinski definition) is 0. The topological polar surface area (TPSA) is 53.0 Å². The van der Waals surface area contributed by atoms with Gasteiger partial charge >= 0.3 is 0 Å². The maximum absolute atomic E-state index is 14.0. The molecule has 2 aromatic carbocycles. The summed E-state index contributed by atoms with van der Waals surface area (Å²) in [6.45, 7) is 1.14. The third-order valence-electron chi connectivity index (χ3n) is 5.35. The van der Waals surface area contributed by atoms with Crippen LogP contribution in [0.15, 0.2) is 59.7 Å². The Kier molecular flexibility index (Phi) is 5.19. The Morgan fingerprint density at radius 3 is 2.39 bits per heavy atom. The van der Waals surface area contributed by atoms with Gasteiger partial charge in [0, 0.05) is 31.4 Å². The molecule has 0 bridgehead atoms. The highest BCUT2D eigenvalue weighted by atomic mass is 19.1. The molecule has 2 amide bonds. The minimum absolute atomic E-state index is 0.112. The van der Waals surface area contributed by atoms with Gasteiger partial charge in [-0.1, -0.05) is 48.5 Å². The van der Waals surface area contributed by atoms with Gasteiger partial charge in [-0.05, 0) is 18.1 Å². The van der Waals surface area contributed by atoms with Crippen LogP contribution in [0.4, 0.5) is 4.39 Å². The Morgan fingerprint density at radius 1 is 0.964 bits per heavy atom. The van der Waals surface area contributed by atoms with Crippen molar-refractivity contribution in [3.8, 4) is 0 Å². The Morgan fingerprint density at radius 2 is 1.68 bits per heavy atom. The van der Waals surface area contributed by atoms with Crippen LogP contribution in [0.5, 0.6) is 0 Å². The molecule has 28 heavy (non-hydrogen) atoms. The van der Waals surface area contributed by atoms with Gasteiger partial charge in [0.05, 0.1) is 18.3 Å². The first kappa shape index (κ1) is 18.3. The summed E-state index contributed by atoms with van der Waals surface area (Å²) in [5.74, 6) is -0.553. The SMILES string of the molecule is O=C(CCC(=O)N1CCC1c1ccccc1F)N1CCC(c2ccccc2)=N1. The maximum Gasteiger partial charge on any atom is 0.243 e. The minimum Gasteiger partial charge on any atom is -0.335 e. The van der Waals surface area contributed by atoms with Crippen LogP contribution < -0.4 is 0 Å². The first-order valence-electron chi connectivity index (χ1n) is 9.60. The van der Waals surface area contributed by atoms with Crippen molar-refractivity contribution in [1.29, 1.82) is 0 Å². The molecular weight excluding hydrogens is 357 g/mol. The number of halogens is 1. The Labute approximate surface area is 163 Å². The number of nitrogens with zero attached hydrogens (tertiary/aromatic N) is 3. The lowest BCUT2D eigenvalue weighted by Gasteiger charge is -2.41. The van der Waals surface area contributed by atoms with Crippen molar-refractivity contribution < 1.29 is 14.0 Å². The van der Waals surface area contributed by atoms with Crippen LogP contribution in [0.1, 0.15) is 42.9 Å². The molecule has 0 N–H and O–H groups in total. The summed E-state index contributed by atoms with van der Waals surface area (Å²) in [5, 5.41) is 5.87. The fourth-order valence-corrected chi connectivity index (χ4v) is 3.71. The number of hydrogen-bond acceptors (Lipinski definition) is 3. The normalized spacial score (nSPS) is 18.6. The van der Waals surface area contributed by atoms with E-state index in [1.54, 1.807) is 23.1 Å². The summed E-state index contributed by atoms with van der Waals surface area (Å²) in [7, 11) is 0. The monoisotopic (exact) mass is 379 g/mol. The molecule has 1 unspecified atom stereocenters. The molecule has 144 valence electrons. The van der Waals surface area contributed by atoms with Crippen molar-refractivity contribution in [3.05, 3.63) is 71.5 Å². The van der Waals surface area contributed by atoms with E-state index in [4.69, 9.17) is 0 Å². The molecule has 1 saturated heterocycles. The zero-order valence-electron chi connectivity index (χ0n) is 15.6. The largest absolute Gasteiger partial charge is 0.335 e. The van der Waals surface area contributed by atoms with Crippen LogP contribution in [0.3, 0.4) is 0 Å². The molecule has 2 aromatic rings. The molecule has 0 aliphatic carbocycles. The van der Waals surface area contributed by atoms with Crippen LogP contribution in [-0.4, -0.2) is 40.5 Å². The van der Waals surface area contributed by atoms with E-state index < -0.39 is 0 Å². The second-order valence-electron chi connectivity index (χ2n) is 7.09. The van der Waals surface area contributed by atoms with E-state index in [0.29, 0.717) is 25.1 Å². The van der Waals surface area contributed by atoms with Gasteiger partial charge in [0.2, 0.25) is 11.8 Å². The van der Waals surface area contributed by atoms with E-state index in [-0.39, 0.29) is 36.5 Å². The molecule has 2 aliphatic heterocycles. The lowest BCUT2D eigenvalue weighted by Crippen LogP contribution is -2.45. The number of hydrazone groups is 1. The van der Waals surface area contributed by atoms with E-state index in [1.165, 1.54) is 11.1 Å². The third kappa shape index (κ3) is 3.67. The van der Waals surface area contributed by atoms with Crippen molar-refractivity contribution in [2.24, 2.45) is 5.10 Å². The second kappa shape index (κ2) is 7.92. The predicted molar refractivity (Wildman–Crippen MR) is 104 cm³/mol. The number of amides is 2. The van der Waals surface area contributed by atoms with Crippen LogP contribution in [0, 0.1) is 5.82 Å². The summed E-state index contributed by atoms with van der Waals surface area (Å²) in [6.07, 6.45) is 1.70. The number of benzene rings is 2. The average Bonchev–Trinajstić information content (AvgIpc) is 3.18. The molecule has 0 radical (unpaired) electrons. The summed E-state index contributed by atoms with van der Waals surface area (Å²) < 4.78 is 14.0. The Bertz CT molecular complexity index is 913. The first-order chi connectivity index (χ1) is 13.6. The van der Waals surface area contributed by atoms with E-state index in [0.717, 1.165) is 17.7 Å². The van der Waals surface area contributed by atoms with Crippen LogP contribution in [-0.2, 0) is 9.59 Å². The highest BCUT2D eigenvalue weighted by Crippen LogP contribution is 2.35. The number of likely N-dealkylation sites (tertiary alicyclic amines) is 1. The Balaban J connectivity index is 1.32. The number of carbonyl (C=O) groups is 2. The molecule has 4 rings (SSSR count). The predicted octanol–water partition coefficient (Wildman–Crippen LogP) is 3.52. The lowest BCUT2D eigenvalue weighted by molar-refractivity contribution is -0.142. The molecule has 2 aliphatic rings. The molecule has 1 atom stereocenters. The lowest BCUT2D eigenvalue weighted by atomic mass is 9.93. The van der Waals surface area contributed by atoms with Gasteiger partial charge in [0.1, 0.15) is 5.82 Å². The standard InChI is InChI=1S/C22H22FN3O2/c23-18-9-5-4-8-17(18)20-13-14-25(20)21(27)10-11-22(28)26-15-12-19(24-26)16-6-2-1-3-7-16/h1-9,20H,10-15H2. The van der Waals surface area contributed by atoms with Gasteiger partial charge in [-0.3, -0.25) is 9.59 Å². The summed E-state index contributed by atoms with van der Waals surface area (Å²) in [6, 6.07) is 16.1. The van der Waals surface area contributed by atoms with Crippen molar-refractivity contribution >= 4 is 17.5 Å². The summed E-state index contributed by atoms with van der Waals surface area (Å²) >= 11 is 0. The second-order valence-corrected chi connectivity index (χ2v) is 7.09. The third-order valence-corrected chi connectivity index (χ3v) is 5.35. The average molecular weight is 379 g/mol. The summed E-state index contributed by atoms with van der Waals surface area (Å²) in [4.78, 5) is 26.6. The number of rotatable bonds is 5. The molecule has 5 nitrogen and oxygen atoms in total. The molecule has 0 aromatic heterocycles. The maximum atomic E-state index is 14.0. The van der Waals surface area contributed by atoms with Gasteiger partial charge < -0.3 is 4.90 Å². The zero-order valence-corrected chi connectivity index (χ0v) is 15.6. The van der Waals surface area contributed by atoms with Crippen molar-refractivity contribution in [3.63, 3.8) is 0 Å². The van der Waals surface area contributed by atoms with Crippen LogP contribution in [0.2, 0.25) is 0 Å². The smallest absolute Gasteiger partial charge is 0.243 e. The van der Waals surface area contributed by atoms with Crippen molar-refractivity contribution in [2.45, 2.75) is 31.7 Å². The quantitative estimate of drug-likeness (QED) is 0.798. The van der Waals surface area contributed by atoms with E-state index in [9.17, 15) is 14.0 Å².